The Labute approximate surface area is 115 Å². The van der Waals surface area contributed by atoms with Crippen LogP contribution in [0.15, 0.2) is 29.2 Å². The van der Waals surface area contributed by atoms with Crippen LogP contribution in [0.4, 0.5) is 0 Å². The van der Waals surface area contributed by atoms with Crippen LogP contribution in [0, 0.1) is 5.41 Å². The van der Waals surface area contributed by atoms with Crippen LogP contribution in [0.5, 0.6) is 0 Å². The van der Waals surface area contributed by atoms with Crippen molar-refractivity contribution in [1.82, 2.24) is 0 Å². The van der Waals surface area contributed by atoms with E-state index in [4.69, 9.17) is 0 Å². The van der Waals surface area contributed by atoms with E-state index in [2.05, 4.69) is 50.7 Å². The van der Waals surface area contributed by atoms with Crippen molar-refractivity contribution in [2.45, 2.75) is 43.9 Å². The van der Waals surface area contributed by atoms with Crippen molar-refractivity contribution >= 4 is 24.4 Å². The molecule has 1 aromatic carbocycles. The fraction of sp³-hybridized carbons (Fsp3) is 0.600. The topological polar surface area (TPSA) is 0 Å². The molecule has 1 aromatic rings. The van der Waals surface area contributed by atoms with Crippen LogP contribution < -0.4 is 0 Å². The Kier molecular flexibility index (Phi) is 4.48. The lowest BCUT2D eigenvalue weighted by Gasteiger charge is -2.40. The molecule has 0 atom stereocenters. The molecule has 94 valence electrons. The predicted octanol–water partition coefficient (Wildman–Crippen LogP) is 5.00. The monoisotopic (exact) mass is 266 g/mol. The Morgan fingerprint density at radius 3 is 2.29 bits per heavy atom. The number of hydrogen-bond acceptors (Lipinski definition) is 2. The molecule has 0 saturated heterocycles. The quantitative estimate of drug-likeness (QED) is 0.578. The van der Waals surface area contributed by atoms with E-state index in [-0.39, 0.29) is 0 Å². The van der Waals surface area contributed by atoms with Crippen LogP contribution in [-0.4, -0.2) is 11.5 Å². The van der Waals surface area contributed by atoms with Crippen molar-refractivity contribution in [3.8, 4) is 0 Å². The number of thioether (sulfide) groups is 1. The minimum Gasteiger partial charge on any atom is -0.179 e. The average molecular weight is 266 g/mol. The predicted molar refractivity (Wildman–Crippen MR) is 81.4 cm³/mol. The zero-order valence-electron chi connectivity index (χ0n) is 10.8. The molecule has 0 radical (unpaired) electrons. The van der Waals surface area contributed by atoms with Crippen LogP contribution in [0.25, 0.3) is 0 Å². The van der Waals surface area contributed by atoms with Gasteiger partial charge in [0.1, 0.15) is 0 Å². The molecule has 2 rings (SSSR count). The maximum atomic E-state index is 4.51. The highest BCUT2D eigenvalue weighted by molar-refractivity contribution is 7.99. The molecule has 17 heavy (non-hydrogen) atoms. The highest BCUT2D eigenvalue weighted by Crippen LogP contribution is 2.45. The standard InChI is InChI=1S/C15H22S2/c1-12(2)13-4-6-14(7-5-13)17-11-15(10-16)8-3-9-15/h4-7,12,16H,3,8-11H2,1-2H3. The molecule has 0 aliphatic heterocycles. The summed E-state index contributed by atoms with van der Waals surface area (Å²) in [5, 5.41) is 0. The maximum absolute atomic E-state index is 4.51. The van der Waals surface area contributed by atoms with Crippen LogP contribution in [0.2, 0.25) is 0 Å². The first-order valence-electron chi connectivity index (χ1n) is 6.49. The summed E-state index contributed by atoms with van der Waals surface area (Å²) in [5.74, 6) is 2.91. The summed E-state index contributed by atoms with van der Waals surface area (Å²) in [5.41, 5.74) is 1.96. The van der Waals surface area contributed by atoms with Gasteiger partial charge in [0.25, 0.3) is 0 Å². The highest BCUT2D eigenvalue weighted by atomic mass is 32.2. The smallest absolute Gasteiger partial charge is 0.00723 e. The van der Waals surface area contributed by atoms with E-state index in [9.17, 15) is 0 Å². The molecule has 1 fully saturated rings. The largest absolute Gasteiger partial charge is 0.179 e. The summed E-state index contributed by atoms with van der Waals surface area (Å²) in [6.45, 7) is 4.48. The Morgan fingerprint density at radius 2 is 1.88 bits per heavy atom. The number of hydrogen-bond donors (Lipinski definition) is 1. The second kappa shape index (κ2) is 5.71. The van der Waals surface area contributed by atoms with Gasteiger partial charge in [-0.05, 0) is 47.6 Å². The van der Waals surface area contributed by atoms with Crippen molar-refractivity contribution < 1.29 is 0 Å². The van der Waals surface area contributed by atoms with E-state index >= 15 is 0 Å². The molecule has 0 heterocycles. The molecule has 0 unspecified atom stereocenters. The summed E-state index contributed by atoms with van der Waals surface area (Å²) in [6, 6.07) is 9.07. The molecular weight excluding hydrogens is 244 g/mol. The van der Waals surface area contributed by atoms with E-state index in [1.807, 2.05) is 11.8 Å². The van der Waals surface area contributed by atoms with Crippen LogP contribution in [-0.2, 0) is 0 Å². The van der Waals surface area contributed by atoms with Crippen molar-refractivity contribution in [3.05, 3.63) is 29.8 Å². The fourth-order valence-corrected chi connectivity index (χ4v) is 3.98. The van der Waals surface area contributed by atoms with Crippen molar-refractivity contribution in [1.29, 1.82) is 0 Å². The van der Waals surface area contributed by atoms with Gasteiger partial charge in [-0.3, -0.25) is 0 Å². The highest BCUT2D eigenvalue weighted by Gasteiger charge is 2.35. The third-order valence-corrected chi connectivity index (χ3v) is 5.87. The van der Waals surface area contributed by atoms with Crippen LogP contribution in [0.3, 0.4) is 0 Å². The minimum absolute atomic E-state index is 0.532. The minimum atomic E-state index is 0.532. The van der Waals surface area contributed by atoms with Gasteiger partial charge in [0.15, 0.2) is 0 Å². The van der Waals surface area contributed by atoms with E-state index in [1.54, 1.807) is 0 Å². The van der Waals surface area contributed by atoms with Crippen molar-refractivity contribution in [3.63, 3.8) is 0 Å². The molecule has 0 nitrogen and oxygen atoms in total. The Balaban J connectivity index is 1.91. The van der Waals surface area contributed by atoms with Gasteiger partial charge in [0.2, 0.25) is 0 Å². The SMILES string of the molecule is CC(C)c1ccc(SCC2(CS)CCC2)cc1. The molecule has 1 saturated carbocycles. The van der Waals surface area contributed by atoms with Gasteiger partial charge in [0.05, 0.1) is 0 Å². The second-order valence-corrected chi connectivity index (χ2v) is 6.89. The summed E-state index contributed by atoms with van der Waals surface area (Å²) >= 11 is 6.51. The molecule has 0 bridgehead atoms. The molecule has 0 spiro atoms. The van der Waals surface area contributed by atoms with Gasteiger partial charge in [-0.2, -0.15) is 12.6 Å². The molecule has 0 amide bonds. The van der Waals surface area contributed by atoms with Gasteiger partial charge >= 0.3 is 0 Å². The van der Waals surface area contributed by atoms with Gasteiger partial charge in [-0.25, -0.2) is 0 Å². The maximum Gasteiger partial charge on any atom is 0.00723 e. The third kappa shape index (κ3) is 3.23. The third-order valence-electron chi connectivity index (χ3n) is 3.84. The second-order valence-electron chi connectivity index (χ2n) is 5.52. The first-order valence-corrected chi connectivity index (χ1v) is 8.11. The summed E-state index contributed by atoms with van der Waals surface area (Å²) in [4.78, 5) is 1.41. The van der Waals surface area contributed by atoms with Gasteiger partial charge in [-0.1, -0.05) is 32.4 Å². The van der Waals surface area contributed by atoms with Gasteiger partial charge in [0, 0.05) is 10.6 Å². The number of thiol groups is 1. The number of benzene rings is 1. The summed E-state index contributed by atoms with van der Waals surface area (Å²) in [7, 11) is 0. The van der Waals surface area contributed by atoms with Crippen molar-refractivity contribution in [2.75, 3.05) is 11.5 Å². The van der Waals surface area contributed by atoms with Crippen LogP contribution in [0.1, 0.15) is 44.6 Å². The van der Waals surface area contributed by atoms with Crippen LogP contribution >= 0.6 is 24.4 Å². The molecule has 0 N–H and O–H groups in total. The summed E-state index contributed by atoms with van der Waals surface area (Å²) < 4.78 is 0. The lowest BCUT2D eigenvalue weighted by molar-refractivity contribution is 0.205. The zero-order chi connectivity index (χ0) is 12.3. The van der Waals surface area contributed by atoms with E-state index < -0.39 is 0 Å². The number of rotatable bonds is 5. The van der Waals surface area contributed by atoms with E-state index in [0.29, 0.717) is 11.3 Å². The first kappa shape index (κ1) is 13.4. The lowest BCUT2D eigenvalue weighted by atomic mass is 9.72. The molecule has 1 aliphatic rings. The Bertz CT molecular complexity index is 344. The normalized spacial score (nSPS) is 18.1. The Morgan fingerprint density at radius 1 is 1.24 bits per heavy atom. The van der Waals surface area contributed by atoms with Gasteiger partial charge in [-0.15, -0.1) is 11.8 Å². The van der Waals surface area contributed by atoms with E-state index in [0.717, 1.165) is 5.75 Å². The molecule has 0 aromatic heterocycles. The molecule has 1 aliphatic carbocycles. The zero-order valence-corrected chi connectivity index (χ0v) is 12.5. The van der Waals surface area contributed by atoms with Gasteiger partial charge < -0.3 is 0 Å². The molecule has 2 heteroatoms. The Hall–Kier alpha value is -0.0800. The van der Waals surface area contributed by atoms with E-state index in [1.165, 1.54) is 35.5 Å². The lowest BCUT2D eigenvalue weighted by Crippen LogP contribution is -2.33. The molecular formula is C15H22S2. The summed E-state index contributed by atoms with van der Waals surface area (Å²) in [6.07, 6.45) is 4.13. The fourth-order valence-electron chi connectivity index (χ4n) is 2.21. The average Bonchev–Trinajstić information content (AvgIpc) is 2.29. The first-order chi connectivity index (χ1) is 8.15. The van der Waals surface area contributed by atoms with Crippen molar-refractivity contribution in [2.24, 2.45) is 5.41 Å².